The molecular formula is C8H7ClN2O. The van der Waals surface area contributed by atoms with Crippen LogP contribution >= 0.6 is 11.6 Å². The van der Waals surface area contributed by atoms with Crippen molar-refractivity contribution >= 4 is 22.6 Å². The molecule has 0 atom stereocenters. The smallest absolute Gasteiger partial charge is 0.139 e. The second-order valence-electron chi connectivity index (χ2n) is 2.41. The number of pyridine rings is 1. The van der Waals surface area contributed by atoms with E-state index in [1.165, 1.54) is 0 Å². The topological polar surface area (TPSA) is 37.9 Å². The van der Waals surface area contributed by atoms with Crippen LogP contribution < -0.4 is 4.74 Å². The van der Waals surface area contributed by atoms with Crippen LogP contribution in [0.2, 0.25) is 5.02 Å². The molecule has 0 aromatic carbocycles. The molecule has 0 saturated carbocycles. The lowest BCUT2D eigenvalue weighted by atomic mass is 10.4. The minimum atomic E-state index is 0.632. The van der Waals surface area contributed by atoms with Crippen LogP contribution in [0.1, 0.15) is 0 Å². The van der Waals surface area contributed by atoms with Crippen LogP contribution in [0.15, 0.2) is 18.5 Å². The lowest BCUT2D eigenvalue weighted by Crippen LogP contribution is -1.83. The summed E-state index contributed by atoms with van der Waals surface area (Å²) in [6.45, 7) is 0. The lowest BCUT2D eigenvalue weighted by molar-refractivity contribution is 0.413. The predicted octanol–water partition coefficient (Wildman–Crippen LogP) is 2.22. The van der Waals surface area contributed by atoms with Gasteiger partial charge in [-0.3, -0.25) is 0 Å². The van der Waals surface area contributed by atoms with Gasteiger partial charge in [0.2, 0.25) is 0 Å². The first-order valence-corrected chi connectivity index (χ1v) is 3.85. The zero-order chi connectivity index (χ0) is 8.55. The molecular weight excluding hydrogens is 176 g/mol. The number of hydrogen-bond acceptors (Lipinski definition) is 2. The first-order chi connectivity index (χ1) is 5.81. The largest absolute Gasteiger partial charge is 0.495 e. The average Bonchev–Trinajstić information content (AvgIpc) is 2.47. The Morgan fingerprint density at radius 3 is 3.17 bits per heavy atom. The van der Waals surface area contributed by atoms with Crippen molar-refractivity contribution in [1.82, 2.24) is 9.97 Å². The van der Waals surface area contributed by atoms with Gasteiger partial charge in [0.1, 0.15) is 11.3 Å². The number of H-pyrrole nitrogens is 1. The van der Waals surface area contributed by atoms with E-state index in [4.69, 9.17) is 16.3 Å². The molecule has 2 rings (SSSR count). The highest BCUT2D eigenvalue weighted by atomic mass is 35.5. The van der Waals surface area contributed by atoms with Gasteiger partial charge in [0.25, 0.3) is 0 Å². The summed E-state index contributed by atoms with van der Waals surface area (Å²) in [4.78, 5) is 7.11. The quantitative estimate of drug-likeness (QED) is 0.735. The fourth-order valence-corrected chi connectivity index (χ4v) is 1.27. The van der Waals surface area contributed by atoms with Crippen molar-refractivity contribution in [3.8, 4) is 5.75 Å². The molecule has 0 radical (unpaired) electrons. The SMILES string of the molecule is COc1cnc2c(Cl)c[nH]c2c1. The molecule has 1 N–H and O–H groups in total. The van der Waals surface area contributed by atoms with Crippen LogP contribution in [-0.4, -0.2) is 17.1 Å². The van der Waals surface area contributed by atoms with E-state index in [-0.39, 0.29) is 0 Å². The molecule has 2 aromatic rings. The van der Waals surface area contributed by atoms with Crippen molar-refractivity contribution < 1.29 is 4.74 Å². The molecule has 0 aliphatic rings. The minimum Gasteiger partial charge on any atom is -0.495 e. The zero-order valence-electron chi connectivity index (χ0n) is 6.47. The Bertz CT molecular complexity index is 410. The molecule has 0 fully saturated rings. The van der Waals surface area contributed by atoms with Crippen molar-refractivity contribution in [3.63, 3.8) is 0 Å². The highest BCUT2D eigenvalue weighted by molar-refractivity contribution is 6.35. The van der Waals surface area contributed by atoms with E-state index in [0.29, 0.717) is 5.02 Å². The van der Waals surface area contributed by atoms with Crippen molar-refractivity contribution in [2.24, 2.45) is 0 Å². The summed E-state index contributed by atoms with van der Waals surface area (Å²) < 4.78 is 5.01. The third-order valence-corrected chi connectivity index (χ3v) is 1.97. The van der Waals surface area contributed by atoms with Gasteiger partial charge in [0.15, 0.2) is 0 Å². The highest BCUT2D eigenvalue weighted by Crippen LogP contribution is 2.23. The van der Waals surface area contributed by atoms with Crippen molar-refractivity contribution in [2.45, 2.75) is 0 Å². The first-order valence-electron chi connectivity index (χ1n) is 3.48. The summed E-state index contributed by atoms with van der Waals surface area (Å²) in [6, 6.07) is 1.86. The second kappa shape index (κ2) is 2.68. The Hall–Kier alpha value is -1.22. The Balaban J connectivity index is 2.69. The monoisotopic (exact) mass is 182 g/mol. The van der Waals surface area contributed by atoms with Crippen molar-refractivity contribution in [2.75, 3.05) is 7.11 Å². The standard InChI is InChI=1S/C8H7ClN2O/c1-12-5-2-7-8(11-3-5)6(9)4-10-7/h2-4,10H,1H3. The Morgan fingerprint density at radius 1 is 1.58 bits per heavy atom. The normalized spacial score (nSPS) is 10.5. The van der Waals surface area contributed by atoms with E-state index >= 15 is 0 Å². The average molecular weight is 183 g/mol. The van der Waals surface area contributed by atoms with Gasteiger partial charge in [-0.1, -0.05) is 11.6 Å². The number of rotatable bonds is 1. The summed E-state index contributed by atoms with van der Waals surface area (Å²) in [5, 5.41) is 0.632. The molecule has 0 saturated heterocycles. The summed E-state index contributed by atoms with van der Waals surface area (Å²) in [7, 11) is 1.60. The Morgan fingerprint density at radius 2 is 2.42 bits per heavy atom. The van der Waals surface area contributed by atoms with Gasteiger partial charge in [0.05, 0.1) is 23.8 Å². The molecule has 3 nitrogen and oxygen atoms in total. The van der Waals surface area contributed by atoms with Gasteiger partial charge in [-0.25, -0.2) is 4.98 Å². The number of ether oxygens (including phenoxy) is 1. The molecule has 12 heavy (non-hydrogen) atoms. The summed E-state index contributed by atoms with van der Waals surface area (Å²) in [6.07, 6.45) is 3.35. The predicted molar refractivity (Wildman–Crippen MR) is 47.7 cm³/mol. The second-order valence-corrected chi connectivity index (χ2v) is 2.82. The summed E-state index contributed by atoms with van der Waals surface area (Å²) in [5.41, 5.74) is 1.66. The third-order valence-electron chi connectivity index (χ3n) is 1.68. The maximum atomic E-state index is 5.83. The molecule has 4 heteroatoms. The van der Waals surface area contributed by atoms with Gasteiger partial charge in [-0.05, 0) is 0 Å². The minimum absolute atomic E-state index is 0.632. The van der Waals surface area contributed by atoms with E-state index in [2.05, 4.69) is 9.97 Å². The van der Waals surface area contributed by atoms with Gasteiger partial charge in [-0.15, -0.1) is 0 Å². The maximum Gasteiger partial charge on any atom is 0.139 e. The molecule has 62 valence electrons. The molecule has 0 amide bonds. The number of fused-ring (bicyclic) bond motifs is 1. The fraction of sp³-hybridized carbons (Fsp3) is 0.125. The van der Waals surface area contributed by atoms with Crippen LogP contribution in [0, 0.1) is 0 Å². The molecule has 0 unspecified atom stereocenters. The molecule has 2 heterocycles. The van der Waals surface area contributed by atoms with Gasteiger partial charge < -0.3 is 9.72 Å². The summed E-state index contributed by atoms with van der Waals surface area (Å²) >= 11 is 5.83. The van der Waals surface area contributed by atoms with Crippen LogP contribution in [-0.2, 0) is 0 Å². The number of nitrogens with one attached hydrogen (secondary N) is 1. The van der Waals surface area contributed by atoms with Gasteiger partial charge in [0, 0.05) is 12.3 Å². The number of nitrogens with zero attached hydrogens (tertiary/aromatic N) is 1. The molecule has 0 aliphatic heterocycles. The fourth-order valence-electron chi connectivity index (χ4n) is 1.07. The number of halogens is 1. The van der Waals surface area contributed by atoms with Gasteiger partial charge in [-0.2, -0.15) is 0 Å². The van der Waals surface area contributed by atoms with E-state index in [9.17, 15) is 0 Å². The third kappa shape index (κ3) is 1.02. The van der Waals surface area contributed by atoms with E-state index in [1.807, 2.05) is 6.07 Å². The van der Waals surface area contributed by atoms with Crippen LogP contribution in [0.25, 0.3) is 11.0 Å². The van der Waals surface area contributed by atoms with Crippen LogP contribution in [0.5, 0.6) is 5.75 Å². The zero-order valence-corrected chi connectivity index (χ0v) is 7.22. The van der Waals surface area contributed by atoms with Crippen LogP contribution in [0.3, 0.4) is 0 Å². The van der Waals surface area contributed by atoms with Crippen molar-refractivity contribution in [3.05, 3.63) is 23.5 Å². The van der Waals surface area contributed by atoms with Crippen LogP contribution in [0.4, 0.5) is 0 Å². The number of hydrogen-bond donors (Lipinski definition) is 1. The van der Waals surface area contributed by atoms with Gasteiger partial charge >= 0.3 is 0 Å². The Kier molecular flexibility index (Phi) is 1.66. The lowest BCUT2D eigenvalue weighted by Gasteiger charge is -1.97. The maximum absolute atomic E-state index is 5.83. The molecule has 0 bridgehead atoms. The summed E-state index contributed by atoms with van der Waals surface area (Å²) in [5.74, 6) is 0.723. The highest BCUT2D eigenvalue weighted by Gasteiger charge is 2.02. The first kappa shape index (κ1) is 7.43. The van der Waals surface area contributed by atoms with Crippen molar-refractivity contribution in [1.29, 1.82) is 0 Å². The molecule has 0 spiro atoms. The molecule has 0 aliphatic carbocycles. The number of aromatic amines is 1. The van der Waals surface area contributed by atoms with E-state index in [1.54, 1.807) is 19.5 Å². The number of aromatic nitrogens is 2. The Labute approximate surface area is 74.3 Å². The molecule has 2 aromatic heterocycles. The van der Waals surface area contributed by atoms with E-state index in [0.717, 1.165) is 16.8 Å². The number of methoxy groups -OCH3 is 1. The van der Waals surface area contributed by atoms with E-state index < -0.39 is 0 Å².